The number of carboxylic acids is 1. The fourth-order valence-electron chi connectivity index (χ4n) is 1.10. The Labute approximate surface area is 75.9 Å². The summed E-state index contributed by atoms with van der Waals surface area (Å²) in [6.45, 7) is 1.81. The second-order valence-corrected chi connectivity index (χ2v) is 2.85. The summed E-state index contributed by atoms with van der Waals surface area (Å²) in [5, 5.41) is 17.9. The Hall–Kier alpha value is -1.42. The summed E-state index contributed by atoms with van der Waals surface area (Å²) in [5.74, 6) is -1.02. The van der Waals surface area contributed by atoms with Crippen molar-refractivity contribution in [3.8, 4) is 0 Å². The van der Waals surface area contributed by atoms with Crippen molar-refractivity contribution in [2.45, 2.75) is 19.4 Å². The van der Waals surface area contributed by atoms with Crippen molar-refractivity contribution >= 4 is 5.97 Å². The van der Waals surface area contributed by atoms with E-state index >= 15 is 0 Å². The van der Waals surface area contributed by atoms with Crippen molar-refractivity contribution in [2.24, 2.45) is 0 Å². The molecule has 0 unspecified atom stereocenters. The van der Waals surface area contributed by atoms with E-state index in [1.807, 2.05) is 6.92 Å². The highest BCUT2D eigenvalue weighted by Gasteiger charge is 2.13. The molecule has 4 nitrogen and oxygen atoms in total. The van der Waals surface area contributed by atoms with Crippen LogP contribution in [0.5, 0.6) is 0 Å². The highest BCUT2D eigenvalue weighted by molar-refractivity contribution is 5.67. The maximum atomic E-state index is 10.3. The molecule has 4 heteroatoms. The third-order valence-corrected chi connectivity index (χ3v) is 1.81. The summed E-state index contributed by atoms with van der Waals surface area (Å²) in [6.07, 6.45) is 1.84. The van der Waals surface area contributed by atoms with Gasteiger partial charge in [-0.2, -0.15) is 0 Å². The Morgan fingerprint density at radius 2 is 2.38 bits per heavy atom. The topological polar surface area (TPSA) is 70.4 Å². The number of aliphatic hydroxyl groups excluding tert-OH is 1. The minimum Gasteiger partial charge on any atom is -0.481 e. The molecule has 2 N–H and O–H groups in total. The number of hydrogen-bond acceptors (Lipinski definition) is 3. The van der Waals surface area contributed by atoms with Crippen LogP contribution in [0.4, 0.5) is 0 Å². The van der Waals surface area contributed by atoms with Crippen LogP contribution < -0.4 is 0 Å². The van der Waals surface area contributed by atoms with E-state index in [9.17, 15) is 9.90 Å². The van der Waals surface area contributed by atoms with E-state index in [0.717, 1.165) is 5.56 Å². The number of pyridine rings is 1. The first-order valence-electron chi connectivity index (χ1n) is 3.91. The van der Waals surface area contributed by atoms with Gasteiger partial charge in [0, 0.05) is 18.0 Å². The van der Waals surface area contributed by atoms with Gasteiger partial charge < -0.3 is 10.2 Å². The number of hydrogen-bond donors (Lipinski definition) is 2. The van der Waals surface area contributed by atoms with Crippen molar-refractivity contribution in [2.75, 3.05) is 0 Å². The van der Waals surface area contributed by atoms with Gasteiger partial charge in [0.15, 0.2) is 0 Å². The molecule has 0 bridgehead atoms. The summed E-state index contributed by atoms with van der Waals surface area (Å²) in [6, 6.07) is 1.74. The number of aliphatic carboxylic acids is 1. The second-order valence-electron chi connectivity index (χ2n) is 2.85. The third kappa shape index (κ3) is 2.52. The number of aromatic nitrogens is 1. The van der Waals surface area contributed by atoms with E-state index in [2.05, 4.69) is 4.98 Å². The predicted octanol–water partition coefficient (Wildman–Crippen LogP) is 0.898. The lowest BCUT2D eigenvalue weighted by molar-refractivity contribution is -0.139. The molecule has 0 aliphatic heterocycles. The SMILES string of the molecule is Cc1ccncc1[C@H](O)CC(=O)O. The number of carbonyl (C=O) groups is 1. The van der Waals surface area contributed by atoms with E-state index in [0.29, 0.717) is 5.56 Å². The van der Waals surface area contributed by atoms with Gasteiger partial charge in [-0.1, -0.05) is 0 Å². The van der Waals surface area contributed by atoms with Gasteiger partial charge in [-0.25, -0.2) is 0 Å². The monoisotopic (exact) mass is 181 g/mol. The maximum Gasteiger partial charge on any atom is 0.306 e. The molecule has 0 saturated heterocycles. The zero-order chi connectivity index (χ0) is 9.84. The molecule has 0 radical (unpaired) electrons. The highest BCUT2D eigenvalue weighted by Crippen LogP contribution is 2.18. The molecule has 13 heavy (non-hydrogen) atoms. The molecule has 0 aliphatic rings. The van der Waals surface area contributed by atoms with Crippen LogP contribution in [0, 0.1) is 6.92 Å². The second kappa shape index (κ2) is 4.00. The average molecular weight is 181 g/mol. The molecular weight excluding hydrogens is 170 g/mol. The van der Waals surface area contributed by atoms with Gasteiger partial charge >= 0.3 is 5.97 Å². The number of aliphatic hydroxyl groups is 1. The summed E-state index contributed by atoms with van der Waals surface area (Å²) in [5.41, 5.74) is 1.42. The Bertz CT molecular complexity index is 311. The first-order valence-corrected chi connectivity index (χ1v) is 3.91. The van der Waals surface area contributed by atoms with Gasteiger partial charge in [-0.05, 0) is 18.6 Å². The molecule has 1 atom stereocenters. The number of nitrogens with zero attached hydrogens (tertiary/aromatic N) is 1. The lowest BCUT2D eigenvalue weighted by atomic mass is 10.0. The lowest BCUT2D eigenvalue weighted by Crippen LogP contribution is -2.07. The summed E-state index contributed by atoms with van der Waals surface area (Å²) < 4.78 is 0. The van der Waals surface area contributed by atoms with E-state index in [1.54, 1.807) is 12.3 Å². The Morgan fingerprint density at radius 3 is 2.92 bits per heavy atom. The van der Waals surface area contributed by atoms with Crippen molar-refractivity contribution in [1.82, 2.24) is 4.98 Å². The zero-order valence-electron chi connectivity index (χ0n) is 7.27. The molecule has 1 rings (SSSR count). The molecule has 0 aromatic carbocycles. The Morgan fingerprint density at radius 1 is 1.69 bits per heavy atom. The molecule has 1 heterocycles. The average Bonchev–Trinajstić information content (AvgIpc) is 2.03. The van der Waals surface area contributed by atoms with Crippen LogP contribution in [0.25, 0.3) is 0 Å². The molecule has 0 spiro atoms. The maximum absolute atomic E-state index is 10.3. The summed E-state index contributed by atoms with van der Waals surface area (Å²) in [7, 11) is 0. The van der Waals surface area contributed by atoms with Crippen LogP contribution in [0.1, 0.15) is 23.7 Å². The first kappa shape index (κ1) is 9.67. The van der Waals surface area contributed by atoms with Crippen LogP contribution in [-0.4, -0.2) is 21.2 Å². The van der Waals surface area contributed by atoms with Gasteiger partial charge in [0.05, 0.1) is 12.5 Å². The standard InChI is InChI=1S/C9H11NO3/c1-6-2-3-10-5-7(6)8(11)4-9(12)13/h2-3,5,8,11H,4H2,1H3,(H,12,13)/t8-/m1/s1. The predicted molar refractivity (Wildman–Crippen MR) is 46.2 cm³/mol. The molecular formula is C9H11NO3. The normalized spacial score (nSPS) is 12.5. The van der Waals surface area contributed by atoms with Crippen LogP contribution in [-0.2, 0) is 4.79 Å². The van der Waals surface area contributed by atoms with E-state index in [-0.39, 0.29) is 6.42 Å². The highest BCUT2D eigenvalue weighted by atomic mass is 16.4. The summed E-state index contributed by atoms with van der Waals surface area (Å²) >= 11 is 0. The first-order chi connectivity index (χ1) is 6.11. The van der Waals surface area contributed by atoms with Crippen LogP contribution in [0.3, 0.4) is 0 Å². The third-order valence-electron chi connectivity index (χ3n) is 1.81. The van der Waals surface area contributed by atoms with Crippen LogP contribution in [0.15, 0.2) is 18.5 Å². The fraction of sp³-hybridized carbons (Fsp3) is 0.333. The summed E-state index contributed by atoms with van der Waals surface area (Å²) in [4.78, 5) is 14.1. The minimum absolute atomic E-state index is 0.285. The van der Waals surface area contributed by atoms with Crippen LogP contribution >= 0.6 is 0 Å². The lowest BCUT2D eigenvalue weighted by Gasteiger charge is -2.09. The molecule has 1 aromatic heterocycles. The number of rotatable bonds is 3. The van der Waals surface area contributed by atoms with E-state index in [4.69, 9.17) is 5.11 Å². The van der Waals surface area contributed by atoms with Crippen molar-refractivity contribution < 1.29 is 15.0 Å². The fourth-order valence-corrected chi connectivity index (χ4v) is 1.10. The Kier molecular flexibility index (Phi) is 2.97. The molecule has 0 saturated carbocycles. The van der Waals surface area contributed by atoms with Gasteiger partial charge in [-0.15, -0.1) is 0 Å². The quantitative estimate of drug-likeness (QED) is 0.726. The molecule has 0 aliphatic carbocycles. The number of aryl methyl sites for hydroxylation is 1. The van der Waals surface area contributed by atoms with Crippen molar-refractivity contribution in [3.05, 3.63) is 29.6 Å². The van der Waals surface area contributed by atoms with Gasteiger partial charge in [0.25, 0.3) is 0 Å². The van der Waals surface area contributed by atoms with Crippen molar-refractivity contribution in [3.63, 3.8) is 0 Å². The molecule has 70 valence electrons. The molecule has 0 amide bonds. The zero-order valence-corrected chi connectivity index (χ0v) is 7.27. The molecule has 1 aromatic rings. The largest absolute Gasteiger partial charge is 0.481 e. The van der Waals surface area contributed by atoms with Crippen molar-refractivity contribution in [1.29, 1.82) is 0 Å². The molecule has 0 fully saturated rings. The van der Waals surface area contributed by atoms with Gasteiger partial charge in [0.1, 0.15) is 0 Å². The van der Waals surface area contributed by atoms with Gasteiger partial charge in [0.2, 0.25) is 0 Å². The smallest absolute Gasteiger partial charge is 0.306 e. The van der Waals surface area contributed by atoms with E-state index < -0.39 is 12.1 Å². The van der Waals surface area contributed by atoms with E-state index in [1.165, 1.54) is 6.20 Å². The van der Waals surface area contributed by atoms with Gasteiger partial charge in [-0.3, -0.25) is 9.78 Å². The van der Waals surface area contributed by atoms with Crippen LogP contribution in [0.2, 0.25) is 0 Å². The number of carboxylic acid groups (broad SMARTS) is 1. The minimum atomic E-state index is -1.02. The Balaban J connectivity index is 2.82.